The zero-order chi connectivity index (χ0) is 34.0. The van der Waals surface area contributed by atoms with Gasteiger partial charge in [0.05, 0.1) is 43.0 Å². The SMILES string of the molecule is COC(=O)NC(C(=O)N1CCC[C@@H]1c1ncc(-c2ccc(-c3ccc4cc(-c5cnc(C6CCCN6)[nH]5)ccc4c3)cc2)[nH]1)c1ccccc1. The summed E-state index contributed by atoms with van der Waals surface area (Å²) in [6.45, 7) is 1.63. The lowest BCUT2D eigenvalue weighted by Gasteiger charge is -2.28. The summed E-state index contributed by atoms with van der Waals surface area (Å²) < 4.78 is 4.82. The third kappa shape index (κ3) is 6.25. The van der Waals surface area contributed by atoms with E-state index in [1.165, 1.54) is 24.3 Å². The predicted molar refractivity (Wildman–Crippen MR) is 193 cm³/mol. The Morgan fingerprint density at radius 1 is 0.780 bits per heavy atom. The van der Waals surface area contributed by atoms with Crippen LogP contribution in [0.1, 0.15) is 61.0 Å². The number of alkyl carbamates (subject to hydrolysis) is 1. The molecule has 0 saturated carbocycles. The van der Waals surface area contributed by atoms with Gasteiger partial charge in [-0.1, -0.05) is 78.9 Å². The molecule has 2 aliphatic heterocycles. The number of benzene rings is 4. The van der Waals surface area contributed by atoms with Crippen molar-refractivity contribution in [2.75, 3.05) is 20.2 Å². The predicted octanol–water partition coefficient (Wildman–Crippen LogP) is 7.47. The van der Waals surface area contributed by atoms with E-state index in [-0.39, 0.29) is 11.9 Å². The maximum absolute atomic E-state index is 13.8. The van der Waals surface area contributed by atoms with Gasteiger partial charge in [-0.3, -0.25) is 4.79 Å². The van der Waals surface area contributed by atoms with Gasteiger partial charge in [0, 0.05) is 12.1 Å². The van der Waals surface area contributed by atoms with E-state index in [1.54, 1.807) is 0 Å². The number of likely N-dealkylation sites (tertiary alicyclic amines) is 1. The van der Waals surface area contributed by atoms with Crippen LogP contribution in [0.2, 0.25) is 0 Å². The number of imidazole rings is 2. The Bertz CT molecular complexity index is 2130. The van der Waals surface area contributed by atoms with Gasteiger partial charge in [0.2, 0.25) is 0 Å². The number of aromatic nitrogens is 4. The fourth-order valence-electron chi connectivity index (χ4n) is 7.26. The number of nitrogens with one attached hydrogen (secondary N) is 4. The highest BCUT2D eigenvalue weighted by molar-refractivity contribution is 5.91. The van der Waals surface area contributed by atoms with Gasteiger partial charge in [-0.05, 0) is 77.4 Å². The van der Waals surface area contributed by atoms with E-state index in [1.807, 2.05) is 47.6 Å². The average Bonchev–Trinajstić information content (AvgIpc) is 4.01. The minimum Gasteiger partial charge on any atom is -0.453 e. The highest BCUT2D eigenvalue weighted by Crippen LogP contribution is 2.35. The van der Waals surface area contributed by atoms with Crippen LogP contribution in [0.15, 0.2) is 103 Å². The molecule has 2 aromatic heterocycles. The standard InChI is InChI=1S/C40H39N7O3/c1-50-40(49)46-36(27-7-3-2-4-8-27)39(48)47-20-6-10-35(47)38-43-23-33(45-38)26-13-11-25(12-14-26)28-15-16-30-22-31(18-17-29(30)21-28)34-24-42-37(44-34)32-9-5-19-41-32/h2-4,7-8,11-18,21-24,32,35-36,41H,5-6,9-10,19-20H2,1H3,(H,42,44)(H,43,45)(H,46,49)/t32?,35-,36?/m1/s1. The molecular weight excluding hydrogens is 626 g/mol. The monoisotopic (exact) mass is 665 g/mol. The van der Waals surface area contributed by atoms with Crippen molar-refractivity contribution in [3.05, 3.63) is 121 Å². The minimum atomic E-state index is -0.855. The molecule has 4 heterocycles. The van der Waals surface area contributed by atoms with Gasteiger partial charge < -0.3 is 30.2 Å². The van der Waals surface area contributed by atoms with Crippen molar-refractivity contribution in [3.63, 3.8) is 0 Å². The molecular formula is C40H39N7O3. The van der Waals surface area contributed by atoms with Crippen molar-refractivity contribution in [1.82, 2.24) is 35.5 Å². The molecule has 0 spiro atoms. The van der Waals surface area contributed by atoms with Crippen LogP contribution < -0.4 is 10.6 Å². The lowest BCUT2D eigenvalue weighted by molar-refractivity contribution is -0.134. The Labute approximate surface area is 290 Å². The Hall–Kier alpha value is -5.74. The van der Waals surface area contributed by atoms with E-state index >= 15 is 0 Å². The van der Waals surface area contributed by atoms with Crippen molar-refractivity contribution in [1.29, 1.82) is 0 Å². The lowest BCUT2D eigenvalue weighted by atomic mass is 9.98. The highest BCUT2D eigenvalue weighted by Gasteiger charge is 2.37. The Morgan fingerprint density at radius 2 is 1.44 bits per heavy atom. The third-order valence-electron chi connectivity index (χ3n) is 9.94. The summed E-state index contributed by atoms with van der Waals surface area (Å²) in [6.07, 6.45) is 7.04. The van der Waals surface area contributed by atoms with Gasteiger partial charge in [0.15, 0.2) is 0 Å². The summed E-state index contributed by atoms with van der Waals surface area (Å²) in [7, 11) is 1.29. The molecule has 252 valence electrons. The molecule has 50 heavy (non-hydrogen) atoms. The minimum absolute atomic E-state index is 0.190. The largest absolute Gasteiger partial charge is 0.453 e. The summed E-state index contributed by atoms with van der Waals surface area (Å²) in [5, 5.41) is 8.59. The van der Waals surface area contributed by atoms with Crippen LogP contribution in [-0.2, 0) is 9.53 Å². The normalized spacial score (nSPS) is 18.0. The lowest BCUT2D eigenvalue weighted by Crippen LogP contribution is -2.42. The maximum Gasteiger partial charge on any atom is 0.407 e. The number of ether oxygens (including phenoxy) is 1. The van der Waals surface area contributed by atoms with Crippen LogP contribution in [0.3, 0.4) is 0 Å². The van der Waals surface area contributed by atoms with Crippen molar-refractivity contribution in [2.24, 2.45) is 0 Å². The van der Waals surface area contributed by atoms with E-state index in [9.17, 15) is 9.59 Å². The summed E-state index contributed by atoms with van der Waals surface area (Å²) in [5.41, 5.74) is 7.03. The number of fused-ring (bicyclic) bond motifs is 1. The molecule has 10 nitrogen and oxygen atoms in total. The number of aromatic amines is 2. The van der Waals surface area contributed by atoms with E-state index < -0.39 is 12.1 Å². The summed E-state index contributed by atoms with van der Waals surface area (Å²) in [6, 6.07) is 30.0. The number of hydrogen-bond donors (Lipinski definition) is 4. The van der Waals surface area contributed by atoms with E-state index in [0.717, 1.165) is 71.1 Å². The molecule has 2 amide bonds. The molecule has 0 radical (unpaired) electrons. The number of methoxy groups -OCH3 is 1. The first-order valence-corrected chi connectivity index (χ1v) is 17.2. The second-order valence-corrected chi connectivity index (χ2v) is 13.0. The average molecular weight is 666 g/mol. The number of hydrogen-bond acceptors (Lipinski definition) is 6. The first-order chi connectivity index (χ1) is 24.5. The van der Waals surface area contributed by atoms with Gasteiger partial charge >= 0.3 is 6.09 Å². The smallest absolute Gasteiger partial charge is 0.407 e. The second-order valence-electron chi connectivity index (χ2n) is 13.0. The molecule has 0 aliphatic carbocycles. The third-order valence-corrected chi connectivity index (χ3v) is 9.94. The van der Waals surface area contributed by atoms with E-state index in [4.69, 9.17) is 9.72 Å². The van der Waals surface area contributed by atoms with Gasteiger partial charge in [0.1, 0.15) is 17.7 Å². The highest BCUT2D eigenvalue weighted by atomic mass is 16.5. The van der Waals surface area contributed by atoms with Crippen molar-refractivity contribution >= 4 is 22.8 Å². The molecule has 2 unspecified atom stereocenters. The van der Waals surface area contributed by atoms with Crippen molar-refractivity contribution in [3.8, 4) is 33.6 Å². The zero-order valence-electron chi connectivity index (χ0n) is 27.9. The molecule has 2 fully saturated rings. The molecule has 2 aliphatic rings. The molecule has 3 atom stereocenters. The molecule has 2 saturated heterocycles. The maximum atomic E-state index is 13.8. The van der Waals surface area contributed by atoms with E-state index in [2.05, 4.69) is 86.2 Å². The molecule has 0 bridgehead atoms. The first kappa shape index (κ1) is 31.5. The van der Waals surface area contributed by atoms with Crippen LogP contribution in [0.25, 0.3) is 44.4 Å². The summed E-state index contributed by atoms with van der Waals surface area (Å²) in [4.78, 5) is 44.2. The van der Waals surface area contributed by atoms with Crippen LogP contribution in [0.4, 0.5) is 4.79 Å². The van der Waals surface area contributed by atoms with Gasteiger partial charge in [-0.25, -0.2) is 14.8 Å². The number of carbonyl (C=O) groups is 2. The number of rotatable bonds is 8. The fourth-order valence-corrected chi connectivity index (χ4v) is 7.26. The van der Waals surface area contributed by atoms with Crippen LogP contribution in [0, 0.1) is 0 Å². The summed E-state index contributed by atoms with van der Waals surface area (Å²) in [5.74, 6) is 1.56. The van der Waals surface area contributed by atoms with Gasteiger partial charge in [-0.2, -0.15) is 0 Å². The van der Waals surface area contributed by atoms with Crippen LogP contribution >= 0.6 is 0 Å². The van der Waals surface area contributed by atoms with Crippen LogP contribution in [0.5, 0.6) is 0 Å². The van der Waals surface area contributed by atoms with Gasteiger partial charge in [-0.15, -0.1) is 0 Å². The Kier molecular flexibility index (Phi) is 8.60. The number of nitrogens with zero attached hydrogens (tertiary/aromatic N) is 3. The van der Waals surface area contributed by atoms with Crippen molar-refractivity contribution in [2.45, 2.75) is 43.8 Å². The molecule has 10 heteroatoms. The van der Waals surface area contributed by atoms with Crippen LogP contribution in [-0.4, -0.2) is 57.0 Å². The Balaban J connectivity index is 0.973. The number of amides is 2. The van der Waals surface area contributed by atoms with Crippen molar-refractivity contribution < 1.29 is 14.3 Å². The molecule has 4 aromatic carbocycles. The molecule has 8 rings (SSSR count). The Morgan fingerprint density at radius 3 is 2.18 bits per heavy atom. The fraction of sp³-hybridized carbons (Fsp3) is 0.250. The zero-order valence-corrected chi connectivity index (χ0v) is 27.9. The number of carbonyl (C=O) groups excluding carboxylic acids is 2. The first-order valence-electron chi connectivity index (χ1n) is 17.2. The summed E-state index contributed by atoms with van der Waals surface area (Å²) >= 11 is 0. The second kappa shape index (κ2) is 13.6. The molecule has 4 N–H and O–H groups in total. The number of H-pyrrole nitrogens is 2. The topological polar surface area (TPSA) is 128 Å². The molecule has 6 aromatic rings. The van der Waals surface area contributed by atoms with E-state index in [0.29, 0.717) is 18.2 Å². The van der Waals surface area contributed by atoms with Gasteiger partial charge in [0.25, 0.3) is 5.91 Å². The quantitative estimate of drug-likeness (QED) is 0.134.